The van der Waals surface area contributed by atoms with Crippen LogP contribution in [0.25, 0.3) is 0 Å². The number of piperidine rings is 1. The molecule has 2 atom stereocenters. The molecule has 5 nitrogen and oxygen atoms in total. The zero-order valence-electron chi connectivity index (χ0n) is 9.56. The summed E-state index contributed by atoms with van der Waals surface area (Å²) >= 11 is 1.36. The van der Waals surface area contributed by atoms with Gasteiger partial charge in [0.25, 0.3) is 5.91 Å². The summed E-state index contributed by atoms with van der Waals surface area (Å²) < 4.78 is 0. The molecule has 1 aromatic heterocycles. The third kappa shape index (κ3) is 2.08. The summed E-state index contributed by atoms with van der Waals surface area (Å²) in [5.41, 5.74) is 3.10. The molecular formula is C11H16N4OS. The molecule has 1 saturated heterocycles. The molecule has 92 valence electrons. The molecule has 2 heterocycles. The first kappa shape index (κ1) is 11.1. The van der Waals surface area contributed by atoms with E-state index >= 15 is 0 Å². The molecule has 1 saturated carbocycles. The van der Waals surface area contributed by atoms with E-state index in [1.54, 1.807) is 0 Å². The van der Waals surface area contributed by atoms with Crippen LogP contribution in [0.4, 0.5) is 0 Å². The number of nitrogens with one attached hydrogen (secondary N) is 1. The van der Waals surface area contributed by atoms with Crippen molar-refractivity contribution >= 4 is 17.2 Å². The summed E-state index contributed by atoms with van der Waals surface area (Å²) in [5, 5.41) is 2.41. The van der Waals surface area contributed by atoms with Gasteiger partial charge in [-0.25, -0.2) is 10.8 Å². The van der Waals surface area contributed by atoms with Crippen LogP contribution in [0.2, 0.25) is 0 Å². The van der Waals surface area contributed by atoms with E-state index in [0.717, 1.165) is 24.2 Å². The molecule has 2 aliphatic rings. The Bertz CT molecular complexity index is 433. The summed E-state index contributed by atoms with van der Waals surface area (Å²) in [6.07, 6.45) is 4.06. The van der Waals surface area contributed by atoms with Crippen LogP contribution in [0.15, 0.2) is 5.38 Å². The van der Waals surface area contributed by atoms with Crippen LogP contribution in [0.1, 0.15) is 34.8 Å². The predicted molar refractivity (Wildman–Crippen MR) is 65.3 cm³/mol. The molecule has 0 spiro atoms. The molecule has 2 unspecified atom stereocenters. The van der Waals surface area contributed by atoms with Gasteiger partial charge < -0.3 is 0 Å². The summed E-state index contributed by atoms with van der Waals surface area (Å²) in [4.78, 5) is 18.1. The van der Waals surface area contributed by atoms with Gasteiger partial charge in [-0.15, -0.1) is 11.3 Å². The number of nitrogens with two attached hydrogens (primary N) is 1. The Morgan fingerprint density at radius 3 is 3.18 bits per heavy atom. The molecule has 1 aliphatic carbocycles. The number of carbonyl (C=O) groups is 1. The first-order valence-electron chi connectivity index (χ1n) is 5.95. The Morgan fingerprint density at radius 1 is 1.65 bits per heavy atom. The van der Waals surface area contributed by atoms with Crippen molar-refractivity contribution in [2.45, 2.75) is 31.8 Å². The summed E-state index contributed by atoms with van der Waals surface area (Å²) in [7, 11) is 0. The highest BCUT2D eigenvalue weighted by atomic mass is 32.1. The van der Waals surface area contributed by atoms with Crippen LogP contribution in [0, 0.1) is 5.92 Å². The minimum atomic E-state index is -0.302. The smallest absolute Gasteiger partial charge is 0.294 e. The van der Waals surface area contributed by atoms with E-state index in [0.29, 0.717) is 5.01 Å². The number of amides is 1. The monoisotopic (exact) mass is 252 g/mol. The van der Waals surface area contributed by atoms with Crippen LogP contribution in [0.5, 0.6) is 0 Å². The number of rotatable bonds is 3. The number of likely N-dealkylation sites (tertiary alicyclic amines) is 1. The van der Waals surface area contributed by atoms with Crippen molar-refractivity contribution in [3.8, 4) is 0 Å². The molecule has 3 N–H and O–H groups in total. The topological polar surface area (TPSA) is 71.2 Å². The number of thiazole rings is 1. The van der Waals surface area contributed by atoms with Gasteiger partial charge in [-0.1, -0.05) is 0 Å². The average Bonchev–Trinajstić information content (AvgIpc) is 3.03. The number of hydrogen-bond acceptors (Lipinski definition) is 5. The number of fused-ring (bicyclic) bond motifs is 2. The number of hydrogen-bond donors (Lipinski definition) is 2. The maximum Gasteiger partial charge on any atom is 0.294 e. The van der Waals surface area contributed by atoms with Gasteiger partial charge in [0.2, 0.25) is 0 Å². The molecule has 1 aliphatic heterocycles. The quantitative estimate of drug-likeness (QED) is 0.472. The first-order chi connectivity index (χ1) is 8.26. The van der Waals surface area contributed by atoms with Gasteiger partial charge >= 0.3 is 0 Å². The molecule has 6 heteroatoms. The van der Waals surface area contributed by atoms with E-state index in [-0.39, 0.29) is 5.91 Å². The second-order valence-corrected chi connectivity index (χ2v) is 5.74. The van der Waals surface area contributed by atoms with Gasteiger partial charge in [-0.2, -0.15) is 0 Å². The summed E-state index contributed by atoms with van der Waals surface area (Å²) in [6.45, 7) is 2.07. The number of nitrogen functional groups attached to an aromatic ring is 1. The molecule has 0 radical (unpaired) electrons. The van der Waals surface area contributed by atoms with E-state index in [1.807, 2.05) is 5.38 Å². The lowest BCUT2D eigenvalue weighted by Crippen LogP contribution is -2.32. The van der Waals surface area contributed by atoms with Crippen LogP contribution in [-0.4, -0.2) is 28.4 Å². The van der Waals surface area contributed by atoms with E-state index < -0.39 is 0 Å². The predicted octanol–water partition coefficient (Wildman–Crippen LogP) is 0.731. The van der Waals surface area contributed by atoms with Crippen molar-refractivity contribution in [3.63, 3.8) is 0 Å². The van der Waals surface area contributed by atoms with Gasteiger partial charge in [-0.3, -0.25) is 15.1 Å². The van der Waals surface area contributed by atoms with E-state index in [4.69, 9.17) is 5.84 Å². The fourth-order valence-electron chi connectivity index (χ4n) is 2.97. The van der Waals surface area contributed by atoms with Crippen molar-refractivity contribution in [3.05, 3.63) is 16.1 Å². The Kier molecular flexibility index (Phi) is 2.85. The normalized spacial score (nSPS) is 27.6. The van der Waals surface area contributed by atoms with Crippen molar-refractivity contribution in [2.75, 3.05) is 6.54 Å². The van der Waals surface area contributed by atoms with E-state index in [9.17, 15) is 4.79 Å². The van der Waals surface area contributed by atoms with Crippen LogP contribution in [0.3, 0.4) is 0 Å². The molecular weight excluding hydrogens is 236 g/mol. The third-order valence-corrected chi connectivity index (χ3v) is 4.65. The Balaban J connectivity index is 1.65. The van der Waals surface area contributed by atoms with Crippen molar-refractivity contribution in [1.82, 2.24) is 15.3 Å². The highest BCUT2D eigenvalue weighted by molar-refractivity contribution is 7.11. The van der Waals surface area contributed by atoms with Crippen LogP contribution in [-0.2, 0) is 6.54 Å². The lowest BCUT2D eigenvalue weighted by atomic mass is 10.1. The number of hydrazine groups is 1. The second-order valence-electron chi connectivity index (χ2n) is 4.88. The minimum Gasteiger partial charge on any atom is -0.294 e. The largest absolute Gasteiger partial charge is 0.294 e. The zero-order chi connectivity index (χ0) is 11.8. The van der Waals surface area contributed by atoms with Gasteiger partial charge in [-0.05, 0) is 25.2 Å². The van der Waals surface area contributed by atoms with Gasteiger partial charge in [0.15, 0.2) is 5.01 Å². The SMILES string of the molecule is NNC(=O)c1nc(CN2CC3CCC2C3)cs1. The second kappa shape index (κ2) is 4.36. The Morgan fingerprint density at radius 2 is 2.53 bits per heavy atom. The highest BCUT2D eigenvalue weighted by Gasteiger charge is 2.37. The van der Waals surface area contributed by atoms with Gasteiger partial charge in [0, 0.05) is 24.5 Å². The molecule has 1 aromatic rings. The van der Waals surface area contributed by atoms with Crippen molar-refractivity contribution in [1.29, 1.82) is 0 Å². The van der Waals surface area contributed by atoms with Crippen molar-refractivity contribution < 1.29 is 4.79 Å². The van der Waals surface area contributed by atoms with E-state index in [2.05, 4.69) is 15.3 Å². The van der Waals surface area contributed by atoms with Gasteiger partial charge in [0.05, 0.1) is 5.69 Å². The molecule has 17 heavy (non-hydrogen) atoms. The standard InChI is InChI=1S/C11H16N4OS/c12-14-10(16)11-13-8(6-17-11)5-15-4-7-1-2-9(15)3-7/h6-7,9H,1-5,12H2,(H,14,16). The number of nitrogens with zero attached hydrogens (tertiary/aromatic N) is 2. The molecule has 2 fully saturated rings. The average molecular weight is 252 g/mol. The fourth-order valence-corrected chi connectivity index (χ4v) is 3.68. The Hall–Kier alpha value is -0.980. The number of carbonyl (C=O) groups excluding carboxylic acids is 1. The van der Waals surface area contributed by atoms with Gasteiger partial charge in [0.1, 0.15) is 0 Å². The zero-order valence-corrected chi connectivity index (χ0v) is 10.4. The van der Waals surface area contributed by atoms with Crippen molar-refractivity contribution in [2.24, 2.45) is 11.8 Å². The third-order valence-electron chi connectivity index (χ3n) is 3.76. The Labute approximate surface area is 104 Å². The highest BCUT2D eigenvalue weighted by Crippen LogP contribution is 2.38. The molecule has 0 aromatic carbocycles. The van der Waals surface area contributed by atoms with E-state index in [1.165, 1.54) is 37.1 Å². The maximum absolute atomic E-state index is 11.3. The summed E-state index contributed by atoms with van der Waals surface area (Å²) in [5.74, 6) is 5.68. The first-order valence-corrected chi connectivity index (χ1v) is 6.83. The van der Waals surface area contributed by atoms with Crippen LogP contribution < -0.4 is 11.3 Å². The molecule has 1 amide bonds. The summed E-state index contributed by atoms with van der Waals surface area (Å²) in [6, 6.07) is 0.744. The molecule has 3 rings (SSSR count). The maximum atomic E-state index is 11.3. The lowest BCUT2D eigenvalue weighted by molar-refractivity contribution is 0.0953. The molecule has 2 bridgehead atoms. The van der Waals surface area contributed by atoms with Crippen LogP contribution >= 0.6 is 11.3 Å². The minimum absolute atomic E-state index is 0.302. The fraction of sp³-hybridized carbons (Fsp3) is 0.636. The lowest BCUT2D eigenvalue weighted by Gasteiger charge is -2.25. The number of aromatic nitrogens is 1.